The largest absolute Gasteiger partial charge is 0.382 e. The maximum absolute atomic E-state index is 13.7. The molecule has 0 amide bonds. The SMILES string of the molecule is COCc1cc(F)c(-c2cc(N)n[nH]2)cc1F. The highest BCUT2D eigenvalue weighted by Gasteiger charge is 2.13. The lowest BCUT2D eigenvalue weighted by atomic mass is 10.1. The van der Waals surface area contributed by atoms with Crippen LogP contribution in [0.3, 0.4) is 0 Å². The molecule has 1 aromatic heterocycles. The van der Waals surface area contributed by atoms with Crippen LogP contribution in [0, 0.1) is 11.6 Å². The van der Waals surface area contributed by atoms with Crippen LogP contribution < -0.4 is 5.73 Å². The third-order valence-corrected chi connectivity index (χ3v) is 2.32. The summed E-state index contributed by atoms with van der Waals surface area (Å²) in [5, 5.41) is 6.19. The van der Waals surface area contributed by atoms with Gasteiger partial charge in [-0.1, -0.05) is 0 Å². The molecule has 0 saturated heterocycles. The number of benzene rings is 1. The molecule has 0 radical (unpaired) electrons. The van der Waals surface area contributed by atoms with Crippen molar-refractivity contribution >= 4 is 5.82 Å². The first-order valence-electron chi connectivity index (χ1n) is 4.90. The lowest BCUT2D eigenvalue weighted by molar-refractivity contribution is 0.181. The Hall–Kier alpha value is -1.95. The molecule has 0 atom stereocenters. The first kappa shape index (κ1) is 11.5. The van der Waals surface area contributed by atoms with E-state index in [-0.39, 0.29) is 23.6 Å². The van der Waals surface area contributed by atoms with E-state index in [1.165, 1.54) is 13.2 Å². The number of nitrogens with one attached hydrogen (secondary N) is 1. The highest BCUT2D eigenvalue weighted by molar-refractivity contribution is 5.63. The molecule has 0 unspecified atom stereocenters. The molecule has 0 saturated carbocycles. The molecule has 1 aromatic carbocycles. The van der Waals surface area contributed by atoms with Gasteiger partial charge < -0.3 is 10.5 Å². The number of nitrogen functional groups attached to an aromatic ring is 1. The molecule has 4 nitrogen and oxygen atoms in total. The lowest BCUT2D eigenvalue weighted by Crippen LogP contribution is -1.96. The number of halogens is 2. The fraction of sp³-hybridized carbons (Fsp3) is 0.182. The third kappa shape index (κ3) is 2.26. The number of H-pyrrole nitrogens is 1. The van der Waals surface area contributed by atoms with Gasteiger partial charge in [-0.05, 0) is 12.1 Å². The summed E-state index contributed by atoms with van der Waals surface area (Å²) in [7, 11) is 1.42. The summed E-state index contributed by atoms with van der Waals surface area (Å²) in [4.78, 5) is 0. The molecule has 0 bridgehead atoms. The smallest absolute Gasteiger partial charge is 0.145 e. The summed E-state index contributed by atoms with van der Waals surface area (Å²) < 4.78 is 32.1. The van der Waals surface area contributed by atoms with Crippen LogP contribution in [0.4, 0.5) is 14.6 Å². The van der Waals surface area contributed by atoms with Crippen LogP contribution in [0.1, 0.15) is 5.56 Å². The molecule has 6 heteroatoms. The minimum absolute atomic E-state index is 0.0220. The molecule has 0 aliphatic rings. The third-order valence-electron chi connectivity index (χ3n) is 2.32. The Morgan fingerprint density at radius 3 is 2.65 bits per heavy atom. The van der Waals surface area contributed by atoms with Gasteiger partial charge >= 0.3 is 0 Å². The van der Waals surface area contributed by atoms with Gasteiger partial charge in [-0.2, -0.15) is 5.10 Å². The zero-order valence-electron chi connectivity index (χ0n) is 9.13. The molecule has 2 aromatic rings. The number of hydrogen-bond acceptors (Lipinski definition) is 3. The summed E-state index contributed by atoms with van der Waals surface area (Å²) in [6.07, 6.45) is 0. The van der Waals surface area contributed by atoms with Crippen molar-refractivity contribution in [3.05, 3.63) is 35.4 Å². The maximum atomic E-state index is 13.7. The number of aromatic nitrogens is 2. The number of nitrogens with zero attached hydrogens (tertiary/aromatic N) is 1. The van der Waals surface area contributed by atoms with Gasteiger partial charge in [0.2, 0.25) is 0 Å². The van der Waals surface area contributed by atoms with E-state index in [0.717, 1.165) is 12.1 Å². The molecule has 0 aliphatic heterocycles. The average molecular weight is 239 g/mol. The monoisotopic (exact) mass is 239 g/mol. The van der Waals surface area contributed by atoms with Crippen LogP contribution in [0.15, 0.2) is 18.2 Å². The second-order valence-electron chi connectivity index (χ2n) is 3.56. The van der Waals surface area contributed by atoms with E-state index >= 15 is 0 Å². The van der Waals surface area contributed by atoms with Gasteiger partial charge in [0, 0.05) is 24.3 Å². The normalized spacial score (nSPS) is 10.8. The second kappa shape index (κ2) is 4.50. The van der Waals surface area contributed by atoms with Gasteiger partial charge in [-0.3, -0.25) is 5.10 Å². The lowest BCUT2D eigenvalue weighted by Gasteiger charge is -2.05. The van der Waals surface area contributed by atoms with Crippen LogP contribution in [-0.2, 0) is 11.3 Å². The topological polar surface area (TPSA) is 63.9 Å². The van der Waals surface area contributed by atoms with E-state index < -0.39 is 11.6 Å². The van der Waals surface area contributed by atoms with E-state index in [1.54, 1.807) is 0 Å². The summed E-state index contributed by atoms with van der Waals surface area (Å²) in [5.41, 5.74) is 6.00. The van der Waals surface area contributed by atoms with Gasteiger partial charge in [-0.15, -0.1) is 0 Å². The fourth-order valence-corrected chi connectivity index (χ4v) is 1.54. The first-order valence-corrected chi connectivity index (χ1v) is 4.90. The number of aromatic amines is 1. The minimum Gasteiger partial charge on any atom is -0.382 e. The van der Waals surface area contributed by atoms with Crippen LogP contribution in [0.5, 0.6) is 0 Å². The molecule has 1 heterocycles. The molecule has 90 valence electrons. The van der Waals surface area contributed by atoms with Crippen molar-refractivity contribution in [2.75, 3.05) is 12.8 Å². The standard InChI is InChI=1S/C11H11F2N3O/c1-17-5-6-2-9(13)7(3-8(6)12)10-4-11(14)16-15-10/h2-4H,5H2,1H3,(H3,14,15,16). The minimum atomic E-state index is -0.554. The van der Waals surface area contributed by atoms with Crippen molar-refractivity contribution in [2.24, 2.45) is 0 Å². The zero-order chi connectivity index (χ0) is 12.4. The van der Waals surface area contributed by atoms with Crippen LogP contribution >= 0.6 is 0 Å². The summed E-state index contributed by atoms with van der Waals surface area (Å²) in [6.45, 7) is 0.0220. The van der Waals surface area contributed by atoms with Gasteiger partial charge in [0.15, 0.2) is 0 Å². The van der Waals surface area contributed by atoms with E-state index in [2.05, 4.69) is 10.2 Å². The van der Waals surface area contributed by atoms with Gasteiger partial charge in [0.25, 0.3) is 0 Å². The highest BCUT2D eigenvalue weighted by atomic mass is 19.1. The Bertz CT molecular complexity index is 540. The Morgan fingerprint density at radius 1 is 1.29 bits per heavy atom. The van der Waals surface area contributed by atoms with Crippen LogP contribution in [0.25, 0.3) is 11.3 Å². The van der Waals surface area contributed by atoms with E-state index in [4.69, 9.17) is 10.5 Å². The van der Waals surface area contributed by atoms with Crippen molar-refractivity contribution in [3.8, 4) is 11.3 Å². The molecule has 2 rings (SSSR count). The molecule has 3 N–H and O–H groups in total. The number of methoxy groups -OCH3 is 1. The van der Waals surface area contributed by atoms with Crippen molar-refractivity contribution in [2.45, 2.75) is 6.61 Å². The summed E-state index contributed by atoms with van der Waals surface area (Å²) >= 11 is 0. The van der Waals surface area contributed by atoms with E-state index in [1.807, 2.05) is 0 Å². The predicted molar refractivity (Wildman–Crippen MR) is 59.1 cm³/mol. The Morgan fingerprint density at radius 2 is 2.06 bits per heavy atom. The summed E-state index contributed by atoms with van der Waals surface area (Å²) in [6, 6.07) is 3.63. The van der Waals surface area contributed by atoms with Crippen molar-refractivity contribution < 1.29 is 13.5 Å². The highest BCUT2D eigenvalue weighted by Crippen LogP contribution is 2.25. The first-order chi connectivity index (χ1) is 8.11. The zero-order valence-corrected chi connectivity index (χ0v) is 9.13. The Labute approximate surface area is 96.4 Å². The van der Waals surface area contributed by atoms with Gasteiger partial charge in [0.1, 0.15) is 17.5 Å². The van der Waals surface area contributed by atoms with E-state index in [0.29, 0.717) is 5.69 Å². The Balaban J connectivity index is 2.46. The molecule has 0 spiro atoms. The molecule has 0 aliphatic carbocycles. The van der Waals surface area contributed by atoms with Crippen molar-refractivity contribution in [3.63, 3.8) is 0 Å². The second-order valence-corrected chi connectivity index (χ2v) is 3.56. The number of nitrogens with two attached hydrogens (primary N) is 1. The van der Waals surface area contributed by atoms with Gasteiger partial charge in [0.05, 0.1) is 12.3 Å². The van der Waals surface area contributed by atoms with Gasteiger partial charge in [-0.25, -0.2) is 8.78 Å². The number of anilines is 1. The number of ether oxygens (including phenoxy) is 1. The fourth-order valence-electron chi connectivity index (χ4n) is 1.54. The Kier molecular flexibility index (Phi) is 3.06. The molecule has 0 fully saturated rings. The van der Waals surface area contributed by atoms with Crippen molar-refractivity contribution in [1.82, 2.24) is 10.2 Å². The maximum Gasteiger partial charge on any atom is 0.145 e. The summed E-state index contributed by atoms with van der Waals surface area (Å²) in [5.74, 6) is -0.862. The van der Waals surface area contributed by atoms with Crippen molar-refractivity contribution in [1.29, 1.82) is 0 Å². The predicted octanol–water partition coefficient (Wildman–Crippen LogP) is 2.08. The molecular formula is C11H11F2N3O. The number of hydrogen-bond donors (Lipinski definition) is 2. The molecular weight excluding hydrogens is 228 g/mol. The quantitative estimate of drug-likeness (QED) is 0.861. The van der Waals surface area contributed by atoms with Crippen LogP contribution in [-0.4, -0.2) is 17.3 Å². The average Bonchev–Trinajstić information content (AvgIpc) is 2.70. The van der Waals surface area contributed by atoms with E-state index in [9.17, 15) is 8.78 Å². The number of rotatable bonds is 3. The molecule has 17 heavy (non-hydrogen) atoms. The van der Waals surface area contributed by atoms with Crippen LogP contribution in [0.2, 0.25) is 0 Å².